The van der Waals surface area contributed by atoms with Crippen LogP contribution in [0.15, 0.2) is 181 Å². The van der Waals surface area contributed by atoms with Crippen molar-refractivity contribution in [1.82, 2.24) is 19.1 Å². The highest BCUT2D eigenvalue weighted by molar-refractivity contribution is 6.09. The Balaban J connectivity index is 1.18. The highest BCUT2D eigenvalue weighted by Crippen LogP contribution is 2.43. The van der Waals surface area contributed by atoms with E-state index in [2.05, 4.69) is 15.3 Å². The summed E-state index contributed by atoms with van der Waals surface area (Å²) < 4.78 is 32.7. The van der Waals surface area contributed by atoms with Gasteiger partial charge in [0.05, 0.1) is 26.4 Å². The van der Waals surface area contributed by atoms with Gasteiger partial charge in [-0.3, -0.25) is 9.59 Å². The molecular weight excluding hydrogens is 855 g/mol. The molecular formula is C52H43N5O10. The second-order valence-electron chi connectivity index (χ2n) is 15.5. The van der Waals surface area contributed by atoms with Crippen LogP contribution >= 0.6 is 0 Å². The van der Waals surface area contributed by atoms with E-state index in [1.165, 1.54) is 12.1 Å². The number of ether oxygens (including phenoxy) is 5. The number of aliphatic hydroxyl groups is 1. The molecule has 1 saturated heterocycles. The van der Waals surface area contributed by atoms with Crippen molar-refractivity contribution in [2.24, 2.45) is 0 Å². The molecule has 0 saturated carbocycles. The molecule has 0 unspecified atom stereocenters. The lowest BCUT2D eigenvalue weighted by Gasteiger charge is -2.37. The van der Waals surface area contributed by atoms with E-state index in [1.54, 1.807) is 93.1 Å². The largest absolute Gasteiger partial charge is 0.497 e. The molecule has 0 bridgehead atoms. The second-order valence-corrected chi connectivity index (χ2v) is 15.5. The minimum atomic E-state index is -1.63. The van der Waals surface area contributed by atoms with Crippen LogP contribution < -0.4 is 20.5 Å². The van der Waals surface area contributed by atoms with Crippen molar-refractivity contribution >= 4 is 34.8 Å². The fourth-order valence-electron chi connectivity index (χ4n) is 8.27. The molecule has 0 spiro atoms. The Hall–Kier alpha value is -8.24. The summed E-state index contributed by atoms with van der Waals surface area (Å²) >= 11 is 0. The van der Waals surface area contributed by atoms with Gasteiger partial charge in [-0.2, -0.15) is 0 Å². The van der Waals surface area contributed by atoms with Crippen molar-refractivity contribution in [3.8, 4) is 11.5 Å². The van der Waals surface area contributed by atoms with Crippen molar-refractivity contribution in [2.45, 2.75) is 30.1 Å². The lowest BCUT2D eigenvalue weighted by atomic mass is 9.80. The molecule has 3 heterocycles. The van der Waals surface area contributed by atoms with E-state index >= 15 is 4.79 Å². The van der Waals surface area contributed by atoms with E-state index in [0.717, 1.165) is 21.0 Å². The molecule has 4 atom stereocenters. The number of hydrogen-bond donors (Lipinski definition) is 2. The molecule has 0 radical (unpaired) electrons. The number of aromatic nitrogens is 4. The van der Waals surface area contributed by atoms with Gasteiger partial charge in [-0.05, 0) is 77.4 Å². The van der Waals surface area contributed by atoms with Crippen LogP contribution in [0.4, 0.5) is 5.82 Å². The predicted molar refractivity (Wildman–Crippen MR) is 246 cm³/mol. The van der Waals surface area contributed by atoms with E-state index in [4.69, 9.17) is 23.7 Å². The Morgan fingerprint density at radius 3 is 1.73 bits per heavy atom. The summed E-state index contributed by atoms with van der Waals surface area (Å²) in [6, 6.07) is 48.8. The number of carbonyl (C=O) groups is 3. The molecule has 0 aliphatic carbocycles. The number of carbonyl (C=O) groups excluding carboxylic acids is 3. The fourth-order valence-corrected chi connectivity index (χ4v) is 8.27. The maximum absolute atomic E-state index is 15.1. The smallest absolute Gasteiger partial charge is 0.339 e. The normalized spacial score (nSPS) is 16.9. The van der Waals surface area contributed by atoms with Gasteiger partial charge in [-0.25, -0.2) is 28.7 Å². The lowest BCUT2D eigenvalue weighted by molar-refractivity contribution is -0.0951. The molecule has 6 aromatic carbocycles. The van der Waals surface area contributed by atoms with Gasteiger partial charge in [-0.1, -0.05) is 109 Å². The fraction of sp³-hybridized carbons (Fsp3) is 0.154. The maximum Gasteiger partial charge on any atom is 0.339 e. The number of nitrogens with one attached hydrogen (secondary N) is 1. The molecule has 9 rings (SSSR count). The first-order chi connectivity index (χ1) is 32.7. The number of rotatable bonds is 14. The summed E-state index contributed by atoms with van der Waals surface area (Å²) in [5.74, 6) is -1.11. The monoisotopic (exact) mass is 897 g/mol. The molecule has 1 amide bonds. The van der Waals surface area contributed by atoms with Crippen LogP contribution in [0.25, 0.3) is 11.2 Å². The molecule has 1 aliphatic heterocycles. The summed E-state index contributed by atoms with van der Waals surface area (Å²) in [5.41, 5.74) is 0.0290. The van der Waals surface area contributed by atoms with Crippen LogP contribution in [-0.4, -0.2) is 81.1 Å². The summed E-state index contributed by atoms with van der Waals surface area (Å²) in [6.45, 7) is -0.340. The molecule has 67 heavy (non-hydrogen) atoms. The van der Waals surface area contributed by atoms with Crippen LogP contribution in [0.1, 0.15) is 54.0 Å². The quantitative estimate of drug-likeness (QED) is 0.0840. The molecule has 1 aliphatic rings. The number of hydrogen-bond acceptors (Lipinski definition) is 12. The highest BCUT2D eigenvalue weighted by Gasteiger charge is 2.51. The van der Waals surface area contributed by atoms with Gasteiger partial charge >= 0.3 is 11.7 Å². The number of esters is 1. The predicted octanol–water partition coefficient (Wildman–Crippen LogP) is 7.04. The summed E-state index contributed by atoms with van der Waals surface area (Å²) in [4.78, 5) is 65.8. The third-order valence-electron chi connectivity index (χ3n) is 11.6. The third kappa shape index (κ3) is 8.45. The van der Waals surface area contributed by atoms with Crippen LogP contribution in [0.2, 0.25) is 0 Å². The number of benzene rings is 6. The lowest BCUT2D eigenvalue weighted by Crippen LogP contribution is -2.41. The van der Waals surface area contributed by atoms with Gasteiger partial charge in [0.2, 0.25) is 0 Å². The van der Waals surface area contributed by atoms with E-state index < -0.39 is 53.6 Å². The van der Waals surface area contributed by atoms with E-state index in [0.29, 0.717) is 22.6 Å². The van der Waals surface area contributed by atoms with Gasteiger partial charge in [0.15, 0.2) is 23.8 Å². The van der Waals surface area contributed by atoms with Gasteiger partial charge in [0.25, 0.3) is 11.8 Å². The minimum Gasteiger partial charge on any atom is -0.497 e. The Kier molecular flexibility index (Phi) is 12.5. The van der Waals surface area contributed by atoms with Crippen molar-refractivity contribution in [1.29, 1.82) is 0 Å². The first-order valence-electron chi connectivity index (χ1n) is 21.2. The third-order valence-corrected chi connectivity index (χ3v) is 11.6. The van der Waals surface area contributed by atoms with Gasteiger partial charge in [0.1, 0.15) is 41.2 Å². The maximum atomic E-state index is 15.1. The van der Waals surface area contributed by atoms with Crippen LogP contribution in [-0.2, 0) is 19.8 Å². The molecule has 1 fully saturated rings. The first kappa shape index (κ1) is 44.0. The number of imidazole rings is 1. The van der Waals surface area contributed by atoms with Crippen LogP contribution in [0.5, 0.6) is 11.5 Å². The van der Waals surface area contributed by atoms with Crippen molar-refractivity contribution in [2.75, 3.05) is 26.1 Å². The molecule has 2 aromatic heterocycles. The molecule has 15 nitrogen and oxygen atoms in total. The van der Waals surface area contributed by atoms with Gasteiger partial charge < -0.3 is 34.1 Å². The van der Waals surface area contributed by atoms with E-state index in [1.807, 2.05) is 78.9 Å². The van der Waals surface area contributed by atoms with Gasteiger partial charge in [0, 0.05) is 11.1 Å². The number of nitrogens with zero attached hydrogens (tertiary/aromatic N) is 4. The second kappa shape index (κ2) is 19.1. The summed E-state index contributed by atoms with van der Waals surface area (Å²) in [5, 5.41) is 15.1. The average molecular weight is 898 g/mol. The van der Waals surface area contributed by atoms with Crippen LogP contribution in [0, 0.1) is 0 Å². The van der Waals surface area contributed by atoms with Gasteiger partial charge in [-0.15, -0.1) is 0 Å². The number of fused-ring (bicyclic) bond motifs is 1. The standard InChI is InChI=1S/C52H43N5O10/c1-63-39-27-23-37(24-28-39)52(36-21-13-6-14-22-36,38-25-29-40(64-2)30-26-38)65-31-41-43(58)44(67-50(61)35-19-11-5-12-20-35)49(66-41)57-46-42(56(51(57)62)48(60)34-17-9-4-10-18-34)45(53-32-54-46)55-47(59)33-15-7-3-8-16-33/h3-30,32,41,43-44,49,58H,31H2,1-2H3,(H,53,54,55,59)/t41-,43-,44+,49-/m1/s1. The van der Waals surface area contributed by atoms with Crippen LogP contribution in [0.3, 0.4) is 0 Å². The number of aliphatic hydroxyl groups excluding tert-OH is 1. The Bertz CT molecular complexity index is 3030. The zero-order valence-corrected chi connectivity index (χ0v) is 36.2. The molecule has 336 valence electrons. The Labute approximate surface area is 383 Å². The SMILES string of the molecule is COc1ccc(C(OC[C@H]2O[C@@H](n3c(=O)n(C(=O)c4ccccc4)c4c(NC(=O)c5ccccc5)ncnc43)[C@@H](OC(=O)c3ccccc3)[C@@H]2O)(c2ccccc2)c2ccc(OC)cc2)cc1. The molecule has 15 heteroatoms. The average Bonchev–Trinajstić information content (AvgIpc) is 3.86. The molecule has 8 aromatic rings. The summed E-state index contributed by atoms with van der Waals surface area (Å²) in [7, 11) is 3.15. The Morgan fingerprint density at radius 1 is 0.672 bits per heavy atom. The topological polar surface area (TPSA) is 182 Å². The van der Waals surface area contributed by atoms with E-state index in [-0.39, 0.29) is 40.3 Å². The number of methoxy groups -OCH3 is 2. The highest BCUT2D eigenvalue weighted by atomic mass is 16.6. The number of anilines is 1. The zero-order chi connectivity index (χ0) is 46.5. The zero-order valence-electron chi connectivity index (χ0n) is 36.2. The van der Waals surface area contributed by atoms with Crippen molar-refractivity contribution in [3.63, 3.8) is 0 Å². The van der Waals surface area contributed by atoms with Crippen molar-refractivity contribution < 1.29 is 43.2 Å². The Morgan fingerprint density at radius 2 is 1.18 bits per heavy atom. The first-order valence-corrected chi connectivity index (χ1v) is 21.2. The number of amides is 1. The minimum absolute atomic E-state index is 0.132. The molecule has 2 N–H and O–H groups in total. The van der Waals surface area contributed by atoms with Crippen molar-refractivity contribution in [3.05, 3.63) is 220 Å². The van der Waals surface area contributed by atoms with E-state index in [9.17, 15) is 19.5 Å². The summed E-state index contributed by atoms with van der Waals surface area (Å²) in [6.07, 6.45) is -5.00.